The topological polar surface area (TPSA) is 22.1 Å². The van der Waals surface area contributed by atoms with E-state index >= 15 is 0 Å². The van der Waals surface area contributed by atoms with Gasteiger partial charge >= 0.3 is 0 Å². The van der Waals surface area contributed by atoms with E-state index in [1.165, 1.54) is 12.0 Å². The summed E-state index contributed by atoms with van der Waals surface area (Å²) >= 11 is 6.13. The van der Waals surface area contributed by atoms with Crippen molar-refractivity contribution in [1.29, 1.82) is 0 Å². The Bertz CT molecular complexity index is 354. The highest BCUT2D eigenvalue weighted by Gasteiger charge is 2.24. The first-order valence-corrected chi connectivity index (χ1v) is 6.34. The average Bonchev–Trinajstić information content (AvgIpc) is 2.64. The van der Waals surface area contributed by atoms with Crippen molar-refractivity contribution >= 4 is 11.6 Å². The van der Waals surface area contributed by atoms with Crippen molar-refractivity contribution in [2.75, 3.05) is 0 Å². The summed E-state index contributed by atoms with van der Waals surface area (Å²) in [5.41, 5.74) is 1.27. The fourth-order valence-corrected chi connectivity index (χ4v) is 2.57. The second-order valence-corrected chi connectivity index (χ2v) is 5.35. The normalized spacial score (nSPS) is 25.0. The van der Waals surface area contributed by atoms with Gasteiger partial charge in [0.25, 0.3) is 0 Å². The standard InChI is InChI=1S/C13H18ClNO/c1-9(2)16-13-6-11(7-15-8-13)10-3-4-12(14)5-10/h6-10,12H,3-5H2,1-2H3. The largest absolute Gasteiger partial charge is 0.489 e. The van der Waals surface area contributed by atoms with Crippen molar-refractivity contribution in [3.63, 3.8) is 0 Å². The SMILES string of the molecule is CC(C)Oc1cncc(C2CCC(Cl)C2)c1. The molecule has 1 aromatic heterocycles. The van der Waals surface area contributed by atoms with Crippen molar-refractivity contribution < 1.29 is 4.74 Å². The Hall–Kier alpha value is -0.760. The number of hydrogen-bond acceptors (Lipinski definition) is 2. The minimum absolute atomic E-state index is 0.196. The van der Waals surface area contributed by atoms with Gasteiger partial charge in [0.15, 0.2) is 0 Å². The predicted octanol–water partition coefficient (Wildman–Crippen LogP) is 3.74. The zero-order valence-electron chi connectivity index (χ0n) is 9.82. The number of hydrogen-bond donors (Lipinski definition) is 0. The van der Waals surface area contributed by atoms with Crippen LogP contribution in [0.1, 0.15) is 44.6 Å². The van der Waals surface area contributed by atoms with Crippen LogP contribution in [-0.4, -0.2) is 16.5 Å². The molecule has 0 amide bonds. The molecule has 2 atom stereocenters. The van der Waals surface area contributed by atoms with Crippen molar-refractivity contribution in [3.05, 3.63) is 24.0 Å². The highest BCUT2D eigenvalue weighted by Crippen LogP contribution is 2.37. The Morgan fingerprint density at radius 1 is 1.38 bits per heavy atom. The number of alkyl halides is 1. The molecule has 0 aromatic carbocycles. The molecule has 0 N–H and O–H groups in total. The van der Waals surface area contributed by atoms with Crippen LogP contribution in [0.5, 0.6) is 5.75 Å². The number of pyridine rings is 1. The van der Waals surface area contributed by atoms with E-state index in [0.29, 0.717) is 11.3 Å². The highest BCUT2D eigenvalue weighted by atomic mass is 35.5. The molecule has 1 saturated carbocycles. The van der Waals surface area contributed by atoms with Crippen molar-refractivity contribution in [3.8, 4) is 5.75 Å². The van der Waals surface area contributed by atoms with E-state index in [1.54, 1.807) is 6.20 Å². The minimum Gasteiger partial charge on any atom is -0.489 e. The Labute approximate surface area is 102 Å². The lowest BCUT2D eigenvalue weighted by molar-refractivity contribution is 0.241. The maximum Gasteiger partial charge on any atom is 0.138 e. The van der Waals surface area contributed by atoms with Crippen LogP contribution in [0.4, 0.5) is 0 Å². The number of rotatable bonds is 3. The maximum absolute atomic E-state index is 6.13. The third-order valence-corrected chi connectivity index (χ3v) is 3.34. The summed E-state index contributed by atoms with van der Waals surface area (Å²) in [6.45, 7) is 4.05. The Morgan fingerprint density at radius 2 is 2.19 bits per heavy atom. The average molecular weight is 240 g/mol. The lowest BCUT2D eigenvalue weighted by Gasteiger charge is -2.13. The van der Waals surface area contributed by atoms with Crippen molar-refractivity contribution in [2.45, 2.75) is 50.5 Å². The predicted molar refractivity (Wildman–Crippen MR) is 66.2 cm³/mol. The van der Waals surface area contributed by atoms with Gasteiger partial charge in [-0.2, -0.15) is 0 Å². The summed E-state index contributed by atoms with van der Waals surface area (Å²) in [5, 5.41) is 0.333. The lowest BCUT2D eigenvalue weighted by atomic mass is 10.00. The summed E-state index contributed by atoms with van der Waals surface area (Å²) < 4.78 is 5.65. The summed E-state index contributed by atoms with van der Waals surface area (Å²) in [6, 6.07) is 2.10. The summed E-state index contributed by atoms with van der Waals surface area (Å²) in [6.07, 6.45) is 7.25. The van der Waals surface area contributed by atoms with E-state index in [9.17, 15) is 0 Å². The van der Waals surface area contributed by atoms with Crippen molar-refractivity contribution in [2.24, 2.45) is 0 Å². The molecule has 1 aliphatic carbocycles. The second kappa shape index (κ2) is 5.05. The molecule has 3 heteroatoms. The molecule has 0 spiro atoms. The molecule has 0 radical (unpaired) electrons. The van der Waals surface area contributed by atoms with Crippen LogP contribution >= 0.6 is 11.6 Å². The molecule has 16 heavy (non-hydrogen) atoms. The highest BCUT2D eigenvalue weighted by molar-refractivity contribution is 6.20. The second-order valence-electron chi connectivity index (χ2n) is 4.73. The number of nitrogens with zero attached hydrogens (tertiary/aromatic N) is 1. The summed E-state index contributed by atoms with van der Waals surface area (Å²) in [5.74, 6) is 1.43. The molecule has 2 rings (SSSR count). The van der Waals surface area contributed by atoms with Crippen LogP contribution < -0.4 is 4.74 Å². The molecule has 0 bridgehead atoms. The number of aromatic nitrogens is 1. The quantitative estimate of drug-likeness (QED) is 0.750. The van der Waals surface area contributed by atoms with Gasteiger partial charge in [-0.15, -0.1) is 11.6 Å². The molecule has 0 saturated heterocycles. The first-order valence-electron chi connectivity index (χ1n) is 5.91. The Morgan fingerprint density at radius 3 is 2.81 bits per heavy atom. The first-order chi connectivity index (χ1) is 7.65. The smallest absolute Gasteiger partial charge is 0.138 e. The minimum atomic E-state index is 0.196. The van der Waals surface area contributed by atoms with Crippen LogP contribution in [-0.2, 0) is 0 Å². The van der Waals surface area contributed by atoms with Crippen LogP contribution in [0.25, 0.3) is 0 Å². The first kappa shape index (κ1) is 11.7. The number of halogens is 1. The molecule has 1 aromatic rings. The van der Waals surface area contributed by atoms with Gasteiger partial charge in [-0.3, -0.25) is 4.98 Å². The third kappa shape index (κ3) is 2.88. The third-order valence-electron chi connectivity index (χ3n) is 2.95. The van der Waals surface area contributed by atoms with E-state index in [2.05, 4.69) is 11.1 Å². The zero-order chi connectivity index (χ0) is 11.5. The van der Waals surface area contributed by atoms with E-state index < -0.39 is 0 Å². The molecular weight excluding hydrogens is 222 g/mol. The van der Waals surface area contributed by atoms with Crippen molar-refractivity contribution in [1.82, 2.24) is 4.98 Å². The van der Waals surface area contributed by atoms with Crippen LogP contribution in [0.15, 0.2) is 18.5 Å². The van der Waals surface area contributed by atoms with E-state index in [0.717, 1.165) is 18.6 Å². The van der Waals surface area contributed by atoms with Gasteiger partial charge in [-0.05, 0) is 50.7 Å². The molecule has 1 fully saturated rings. The lowest BCUT2D eigenvalue weighted by Crippen LogP contribution is -2.06. The molecule has 2 unspecified atom stereocenters. The molecular formula is C13H18ClNO. The van der Waals surface area contributed by atoms with Gasteiger partial charge in [-0.25, -0.2) is 0 Å². The van der Waals surface area contributed by atoms with Gasteiger partial charge in [-0.1, -0.05) is 0 Å². The molecule has 1 heterocycles. The Kier molecular flexibility index (Phi) is 3.70. The summed E-state index contributed by atoms with van der Waals surface area (Å²) in [7, 11) is 0. The summed E-state index contributed by atoms with van der Waals surface area (Å²) in [4.78, 5) is 4.24. The van der Waals surface area contributed by atoms with Gasteiger partial charge in [0, 0.05) is 11.6 Å². The van der Waals surface area contributed by atoms with E-state index in [4.69, 9.17) is 16.3 Å². The van der Waals surface area contributed by atoms with E-state index in [1.807, 2.05) is 20.0 Å². The van der Waals surface area contributed by atoms with Crippen LogP contribution in [0, 0.1) is 0 Å². The molecule has 88 valence electrons. The fourth-order valence-electron chi connectivity index (χ4n) is 2.22. The monoisotopic (exact) mass is 239 g/mol. The van der Waals surface area contributed by atoms with Gasteiger partial charge < -0.3 is 4.74 Å². The van der Waals surface area contributed by atoms with Gasteiger partial charge in [0.2, 0.25) is 0 Å². The van der Waals surface area contributed by atoms with Crippen LogP contribution in [0.3, 0.4) is 0 Å². The molecule has 2 nitrogen and oxygen atoms in total. The fraction of sp³-hybridized carbons (Fsp3) is 0.615. The van der Waals surface area contributed by atoms with Gasteiger partial charge in [0.05, 0.1) is 12.3 Å². The van der Waals surface area contributed by atoms with Gasteiger partial charge in [0.1, 0.15) is 5.75 Å². The van der Waals surface area contributed by atoms with E-state index in [-0.39, 0.29) is 6.10 Å². The van der Waals surface area contributed by atoms with Crippen LogP contribution in [0.2, 0.25) is 0 Å². The number of ether oxygens (including phenoxy) is 1. The molecule has 1 aliphatic rings. The zero-order valence-corrected chi connectivity index (χ0v) is 10.6. The molecule has 0 aliphatic heterocycles. The maximum atomic E-state index is 6.13. The Balaban J connectivity index is 2.09.